The van der Waals surface area contributed by atoms with E-state index in [1.165, 1.54) is 0 Å². The Morgan fingerprint density at radius 1 is 1.56 bits per heavy atom. The molecule has 0 bridgehead atoms. The van der Waals surface area contributed by atoms with Crippen molar-refractivity contribution in [3.63, 3.8) is 0 Å². The first-order valence-corrected chi connectivity index (χ1v) is 5.59. The molecule has 0 saturated carbocycles. The Morgan fingerprint density at radius 3 is 3.00 bits per heavy atom. The van der Waals surface area contributed by atoms with Crippen molar-refractivity contribution in [2.45, 2.75) is 32.8 Å². The molecule has 0 spiro atoms. The Kier molecular flexibility index (Phi) is 5.64. The number of carbonyl (C=O) groups excluding carboxylic acids is 1. The molecule has 0 aliphatic rings. The van der Waals surface area contributed by atoms with Gasteiger partial charge in [-0.3, -0.25) is 4.79 Å². The fourth-order valence-corrected chi connectivity index (χ4v) is 1.25. The lowest BCUT2D eigenvalue weighted by atomic mass is 10.3. The highest BCUT2D eigenvalue weighted by Crippen LogP contribution is 2.00. The van der Waals surface area contributed by atoms with Gasteiger partial charge in [-0.15, -0.1) is 0 Å². The molecular weight excluding hydrogens is 206 g/mol. The van der Waals surface area contributed by atoms with Crippen molar-refractivity contribution in [3.8, 4) is 0 Å². The molecule has 0 aromatic carbocycles. The lowest BCUT2D eigenvalue weighted by Gasteiger charge is -2.07. The van der Waals surface area contributed by atoms with Crippen molar-refractivity contribution in [2.24, 2.45) is 0 Å². The molecule has 0 saturated heterocycles. The van der Waals surface area contributed by atoms with Crippen LogP contribution in [0.5, 0.6) is 0 Å². The predicted molar refractivity (Wildman–Crippen MR) is 61.1 cm³/mol. The normalized spacial score (nSPS) is 10.7. The third-order valence-electron chi connectivity index (χ3n) is 2.01. The molecule has 0 aliphatic carbocycles. The summed E-state index contributed by atoms with van der Waals surface area (Å²) in [6.45, 7) is 5.32. The molecule has 1 amide bonds. The second-order valence-electron chi connectivity index (χ2n) is 3.88. The Bertz CT molecular complexity index is 293. The van der Waals surface area contributed by atoms with E-state index in [2.05, 4.69) is 5.32 Å². The van der Waals surface area contributed by atoms with Gasteiger partial charge in [0.1, 0.15) is 5.76 Å². The van der Waals surface area contributed by atoms with Crippen LogP contribution < -0.4 is 5.32 Å². The maximum Gasteiger partial charge on any atom is 0.227 e. The van der Waals surface area contributed by atoms with Crippen molar-refractivity contribution in [3.05, 3.63) is 24.2 Å². The molecule has 0 fully saturated rings. The number of carbonyl (C=O) groups is 1. The van der Waals surface area contributed by atoms with Gasteiger partial charge >= 0.3 is 0 Å². The van der Waals surface area contributed by atoms with Crippen LogP contribution in [0.15, 0.2) is 22.8 Å². The second kappa shape index (κ2) is 7.06. The quantitative estimate of drug-likeness (QED) is 0.719. The van der Waals surface area contributed by atoms with E-state index in [4.69, 9.17) is 9.15 Å². The van der Waals surface area contributed by atoms with E-state index in [-0.39, 0.29) is 12.0 Å². The monoisotopic (exact) mass is 225 g/mol. The number of rotatable bonds is 7. The highest BCUT2D eigenvalue weighted by Gasteiger charge is 2.04. The predicted octanol–water partition coefficient (Wildman–Crippen LogP) is 1.75. The van der Waals surface area contributed by atoms with Crippen molar-refractivity contribution in [1.29, 1.82) is 0 Å². The molecule has 4 heteroatoms. The van der Waals surface area contributed by atoms with Gasteiger partial charge in [-0.05, 0) is 32.4 Å². The van der Waals surface area contributed by atoms with E-state index in [1.54, 1.807) is 18.4 Å². The Balaban J connectivity index is 2.03. The second-order valence-corrected chi connectivity index (χ2v) is 3.88. The smallest absolute Gasteiger partial charge is 0.227 e. The summed E-state index contributed by atoms with van der Waals surface area (Å²) in [5.41, 5.74) is 0. The Labute approximate surface area is 96.0 Å². The topological polar surface area (TPSA) is 51.5 Å². The summed E-state index contributed by atoms with van der Waals surface area (Å²) in [4.78, 5) is 11.4. The van der Waals surface area contributed by atoms with E-state index in [9.17, 15) is 4.79 Å². The van der Waals surface area contributed by atoms with Crippen LogP contribution in [0.4, 0.5) is 0 Å². The van der Waals surface area contributed by atoms with Gasteiger partial charge in [-0.25, -0.2) is 0 Å². The number of amides is 1. The Morgan fingerprint density at radius 2 is 2.38 bits per heavy atom. The van der Waals surface area contributed by atoms with Crippen LogP contribution in [-0.2, 0) is 16.0 Å². The molecule has 1 rings (SSSR count). The summed E-state index contributed by atoms with van der Waals surface area (Å²) in [6, 6.07) is 3.57. The first-order chi connectivity index (χ1) is 7.68. The van der Waals surface area contributed by atoms with Crippen molar-refractivity contribution >= 4 is 5.91 Å². The van der Waals surface area contributed by atoms with Gasteiger partial charge in [0.05, 0.1) is 18.8 Å². The van der Waals surface area contributed by atoms with Crippen LogP contribution in [0.25, 0.3) is 0 Å². The molecule has 16 heavy (non-hydrogen) atoms. The molecular formula is C12H19NO3. The van der Waals surface area contributed by atoms with E-state index < -0.39 is 0 Å². The molecule has 0 atom stereocenters. The van der Waals surface area contributed by atoms with E-state index in [1.807, 2.05) is 13.8 Å². The highest BCUT2D eigenvalue weighted by molar-refractivity contribution is 5.77. The van der Waals surface area contributed by atoms with Gasteiger partial charge in [0.25, 0.3) is 0 Å². The SMILES string of the molecule is CC(C)OCCCNC(=O)Cc1ccco1. The van der Waals surface area contributed by atoms with Gasteiger partial charge < -0.3 is 14.5 Å². The van der Waals surface area contributed by atoms with Crippen LogP contribution >= 0.6 is 0 Å². The lowest BCUT2D eigenvalue weighted by Crippen LogP contribution is -2.26. The third-order valence-corrected chi connectivity index (χ3v) is 2.01. The summed E-state index contributed by atoms with van der Waals surface area (Å²) in [7, 11) is 0. The van der Waals surface area contributed by atoms with Crippen LogP contribution in [-0.4, -0.2) is 25.2 Å². The molecule has 0 radical (unpaired) electrons. The Hall–Kier alpha value is -1.29. The molecule has 90 valence electrons. The summed E-state index contributed by atoms with van der Waals surface area (Å²) in [5.74, 6) is 0.676. The summed E-state index contributed by atoms with van der Waals surface area (Å²) in [5, 5.41) is 2.82. The maximum atomic E-state index is 11.4. The first kappa shape index (κ1) is 12.8. The zero-order chi connectivity index (χ0) is 11.8. The maximum absolute atomic E-state index is 11.4. The molecule has 0 aliphatic heterocycles. The van der Waals surface area contributed by atoms with Crippen LogP contribution in [0, 0.1) is 0 Å². The van der Waals surface area contributed by atoms with E-state index >= 15 is 0 Å². The van der Waals surface area contributed by atoms with Crippen molar-refractivity contribution in [1.82, 2.24) is 5.32 Å². The minimum Gasteiger partial charge on any atom is -0.469 e. The molecule has 4 nitrogen and oxygen atoms in total. The standard InChI is InChI=1S/C12H19NO3/c1-10(2)15-8-4-6-13-12(14)9-11-5-3-7-16-11/h3,5,7,10H,4,6,8-9H2,1-2H3,(H,13,14). The zero-order valence-electron chi connectivity index (χ0n) is 9.86. The molecule has 1 N–H and O–H groups in total. The minimum absolute atomic E-state index is 0.0144. The molecule has 1 aromatic heterocycles. The van der Waals surface area contributed by atoms with Crippen LogP contribution in [0.1, 0.15) is 26.0 Å². The third kappa shape index (κ3) is 5.56. The average Bonchev–Trinajstić information content (AvgIpc) is 2.69. The van der Waals surface area contributed by atoms with Crippen LogP contribution in [0.2, 0.25) is 0 Å². The van der Waals surface area contributed by atoms with E-state index in [0.717, 1.165) is 6.42 Å². The summed E-state index contributed by atoms with van der Waals surface area (Å²) >= 11 is 0. The first-order valence-electron chi connectivity index (χ1n) is 5.59. The number of ether oxygens (including phenoxy) is 1. The summed E-state index contributed by atoms with van der Waals surface area (Å²) < 4.78 is 10.4. The highest BCUT2D eigenvalue weighted by atomic mass is 16.5. The average molecular weight is 225 g/mol. The van der Waals surface area contributed by atoms with Gasteiger partial charge in [0, 0.05) is 13.2 Å². The molecule has 1 aromatic rings. The van der Waals surface area contributed by atoms with Gasteiger partial charge in [0.2, 0.25) is 5.91 Å². The van der Waals surface area contributed by atoms with Gasteiger partial charge in [-0.2, -0.15) is 0 Å². The molecule has 0 unspecified atom stereocenters. The van der Waals surface area contributed by atoms with Crippen molar-refractivity contribution in [2.75, 3.05) is 13.2 Å². The number of furan rings is 1. The van der Waals surface area contributed by atoms with Gasteiger partial charge in [-0.1, -0.05) is 0 Å². The van der Waals surface area contributed by atoms with Gasteiger partial charge in [0.15, 0.2) is 0 Å². The number of nitrogens with one attached hydrogen (secondary N) is 1. The fraction of sp³-hybridized carbons (Fsp3) is 0.583. The lowest BCUT2D eigenvalue weighted by molar-refractivity contribution is -0.120. The number of hydrogen-bond donors (Lipinski definition) is 1. The largest absolute Gasteiger partial charge is 0.469 e. The minimum atomic E-state index is -0.0144. The van der Waals surface area contributed by atoms with Crippen LogP contribution in [0.3, 0.4) is 0 Å². The fourth-order valence-electron chi connectivity index (χ4n) is 1.25. The summed E-state index contributed by atoms with van der Waals surface area (Å²) in [6.07, 6.45) is 2.96. The number of hydrogen-bond acceptors (Lipinski definition) is 3. The zero-order valence-corrected chi connectivity index (χ0v) is 9.86. The van der Waals surface area contributed by atoms with Crippen molar-refractivity contribution < 1.29 is 13.9 Å². The van der Waals surface area contributed by atoms with E-state index in [0.29, 0.717) is 25.3 Å². The molecule has 1 heterocycles.